The fourth-order valence-electron chi connectivity index (χ4n) is 6.46. The fourth-order valence-corrected chi connectivity index (χ4v) is 6.46. The van der Waals surface area contributed by atoms with Crippen LogP contribution in [0.2, 0.25) is 0 Å². The smallest absolute Gasteiger partial charge is 0.251 e. The first-order valence-corrected chi connectivity index (χ1v) is 11.3. The molecule has 4 fully saturated rings. The Hall–Kier alpha value is -2.53. The van der Waals surface area contributed by atoms with Crippen molar-refractivity contribution in [3.05, 3.63) is 70.5 Å². The first-order chi connectivity index (χ1) is 14.8. The van der Waals surface area contributed by atoms with Gasteiger partial charge >= 0.3 is 0 Å². The van der Waals surface area contributed by atoms with Crippen LogP contribution in [0.1, 0.15) is 70.9 Å². The molecule has 0 saturated heterocycles. The van der Waals surface area contributed by atoms with Crippen LogP contribution >= 0.6 is 0 Å². The second kappa shape index (κ2) is 7.56. The molecule has 0 radical (unpaired) electrons. The molecule has 0 aromatic heterocycles. The van der Waals surface area contributed by atoms with Gasteiger partial charge in [-0.1, -0.05) is 13.0 Å². The summed E-state index contributed by atoms with van der Waals surface area (Å²) in [6.07, 6.45) is 5.31. The lowest BCUT2D eigenvalue weighted by molar-refractivity contribution is -0.136. The van der Waals surface area contributed by atoms with Crippen molar-refractivity contribution >= 4 is 11.7 Å². The summed E-state index contributed by atoms with van der Waals surface area (Å²) in [6, 6.07) is 10.8. The molecule has 2 aromatic carbocycles. The van der Waals surface area contributed by atoms with Gasteiger partial charge in [0.1, 0.15) is 5.82 Å². The van der Waals surface area contributed by atoms with Gasteiger partial charge in [-0.05, 0) is 98.2 Å². The van der Waals surface area contributed by atoms with Gasteiger partial charge in [0.15, 0.2) is 5.78 Å². The van der Waals surface area contributed by atoms with Crippen molar-refractivity contribution in [3.63, 3.8) is 0 Å². The molecule has 1 amide bonds. The molecule has 4 aliphatic carbocycles. The summed E-state index contributed by atoms with van der Waals surface area (Å²) in [5.74, 6) is 0.639. The molecule has 2 N–H and O–H groups in total. The van der Waals surface area contributed by atoms with Crippen LogP contribution in [0.3, 0.4) is 0 Å². The van der Waals surface area contributed by atoms with Gasteiger partial charge in [-0.2, -0.15) is 0 Å². The number of aliphatic hydroxyl groups is 1. The van der Waals surface area contributed by atoms with Gasteiger partial charge in [-0.25, -0.2) is 4.39 Å². The molecular weight excluding hydrogens is 393 g/mol. The van der Waals surface area contributed by atoms with E-state index in [-0.39, 0.29) is 23.5 Å². The van der Waals surface area contributed by atoms with Crippen molar-refractivity contribution in [1.29, 1.82) is 0 Å². The van der Waals surface area contributed by atoms with E-state index in [1.54, 1.807) is 18.2 Å². The number of ketones is 1. The topological polar surface area (TPSA) is 66.4 Å². The summed E-state index contributed by atoms with van der Waals surface area (Å²) < 4.78 is 13.2. The highest BCUT2D eigenvalue weighted by molar-refractivity contribution is 6.09. The lowest BCUT2D eigenvalue weighted by atomic mass is 9.52. The summed E-state index contributed by atoms with van der Waals surface area (Å²) >= 11 is 0. The Morgan fingerprint density at radius 1 is 1.03 bits per heavy atom. The first-order valence-electron chi connectivity index (χ1n) is 11.3. The Bertz CT molecular complexity index is 1020. The minimum absolute atomic E-state index is 0.0953. The average molecular weight is 422 g/mol. The molecule has 31 heavy (non-hydrogen) atoms. The lowest BCUT2D eigenvalue weighted by Crippen LogP contribution is -2.61. The predicted molar refractivity (Wildman–Crippen MR) is 115 cm³/mol. The van der Waals surface area contributed by atoms with Crippen LogP contribution in [0, 0.1) is 23.6 Å². The van der Waals surface area contributed by atoms with Crippen LogP contribution < -0.4 is 5.32 Å². The Labute approximate surface area is 181 Å². The third kappa shape index (κ3) is 3.69. The van der Waals surface area contributed by atoms with Crippen molar-refractivity contribution < 1.29 is 19.1 Å². The zero-order chi connectivity index (χ0) is 21.8. The molecule has 4 nitrogen and oxygen atoms in total. The summed E-state index contributed by atoms with van der Waals surface area (Å²) in [5.41, 5.74) is 1.83. The Balaban J connectivity index is 1.35. The highest BCUT2D eigenvalue weighted by Gasteiger charge is 2.55. The van der Waals surface area contributed by atoms with Gasteiger partial charge in [0, 0.05) is 22.7 Å². The number of nitrogens with one attached hydrogen (secondary N) is 1. The number of benzene rings is 2. The van der Waals surface area contributed by atoms with Crippen molar-refractivity contribution in [2.45, 2.75) is 57.1 Å². The summed E-state index contributed by atoms with van der Waals surface area (Å²) in [7, 11) is 0. The van der Waals surface area contributed by atoms with Crippen LogP contribution in [0.15, 0.2) is 42.5 Å². The lowest BCUT2D eigenvalue weighted by Gasteiger charge is -2.58. The molecular formula is C26H28FNO3. The van der Waals surface area contributed by atoms with E-state index in [1.165, 1.54) is 24.3 Å². The van der Waals surface area contributed by atoms with Crippen LogP contribution in [-0.2, 0) is 6.42 Å². The van der Waals surface area contributed by atoms with E-state index in [1.807, 2.05) is 6.92 Å². The maximum Gasteiger partial charge on any atom is 0.251 e. The first kappa shape index (κ1) is 20.4. The van der Waals surface area contributed by atoms with Crippen molar-refractivity contribution in [2.24, 2.45) is 17.8 Å². The highest BCUT2D eigenvalue weighted by Crippen LogP contribution is 2.55. The maximum atomic E-state index is 13.2. The second-order valence-corrected chi connectivity index (χ2v) is 9.76. The molecule has 162 valence electrons. The van der Waals surface area contributed by atoms with E-state index in [4.69, 9.17) is 0 Å². The third-order valence-corrected chi connectivity index (χ3v) is 7.64. The minimum Gasteiger partial charge on any atom is -0.390 e. The second-order valence-electron chi connectivity index (χ2n) is 9.76. The number of amides is 1. The van der Waals surface area contributed by atoms with Crippen LogP contribution in [0.25, 0.3) is 0 Å². The van der Waals surface area contributed by atoms with Gasteiger partial charge in [0.25, 0.3) is 5.91 Å². The van der Waals surface area contributed by atoms with Crippen molar-refractivity contribution in [2.75, 3.05) is 0 Å². The van der Waals surface area contributed by atoms with E-state index in [0.717, 1.165) is 37.7 Å². The number of halogens is 1. The summed E-state index contributed by atoms with van der Waals surface area (Å²) in [5, 5.41) is 14.1. The largest absolute Gasteiger partial charge is 0.390 e. The monoisotopic (exact) mass is 421 g/mol. The molecule has 2 aromatic rings. The van der Waals surface area contributed by atoms with Crippen LogP contribution in [-0.4, -0.2) is 28.4 Å². The molecule has 2 atom stereocenters. The SMILES string of the molecule is CCc1cc(C(=O)c2ccc(F)cc2)ccc1C(=O)NC1C2CC3CC1CC(O)(C3)C2. The molecule has 0 heterocycles. The Morgan fingerprint density at radius 2 is 1.68 bits per heavy atom. The number of carbonyl (C=O) groups excluding carboxylic acids is 2. The average Bonchev–Trinajstić information content (AvgIpc) is 2.74. The molecule has 4 aliphatic rings. The molecule has 6 rings (SSSR count). The number of hydrogen-bond donors (Lipinski definition) is 2. The maximum absolute atomic E-state index is 13.2. The number of carbonyl (C=O) groups is 2. The molecule has 4 saturated carbocycles. The molecule has 2 unspecified atom stereocenters. The quantitative estimate of drug-likeness (QED) is 0.708. The van der Waals surface area contributed by atoms with Crippen LogP contribution in [0.4, 0.5) is 4.39 Å². The summed E-state index contributed by atoms with van der Waals surface area (Å²) in [6.45, 7) is 1.97. The molecule has 5 heteroatoms. The molecule has 0 spiro atoms. The Morgan fingerprint density at radius 3 is 2.29 bits per heavy atom. The number of hydrogen-bond acceptors (Lipinski definition) is 3. The predicted octanol–water partition coefficient (Wildman–Crippen LogP) is 4.29. The number of aryl methyl sites for hydroxylation is 1. The minimum atomic E-state index is -0.519. The highest BCUT2D eigenvalue weighted by atomic mass is 19.1. The van der Waals surface area contributed by atoms with Crippen molar-refractivity contribution in [1.82, 2.24) is 5.32 Å². The Kier molecular flexibility index (Phi) is 4.97. The van der Waals surface area contributed by atoms with E-state index in [9.17, 15) is 19.1 Å². The van der Waals surface area contributed by atoms with Gasteiger partial charge in [0.05, 0.1) is 5.60 Å². The van der Waals surface area contributed by atoms with Gasteiger partial charge in [0.2, 0.25) is 0 Å². The zero-order valence-electron chi connectivity index (χ0n) is 17.7. The van der Waals surface area contributed by atoms with Gasteiger partial charge in [-0.15, -0.1) is 0 Å². The van der Waals surface area contributed by atoms with E-state index >= 15 is 0 Å². The molecule has 0 aliphatic heterocycles. The molecule has 4 bridgehead atoms. The van der Waals surface area contributed by atoms with E-state index in [2.05, 4.69) is 5.32 Å². The van der Waals surface area contributed by atoms with Crippen LogP contribution in [0.5, 0.6) is 0 Å². The van der Waals surface area contributed by atoms with Gasteiger partial charge in [-0.3, -0.25) is 9.59 Å². The van der Waals surface area contributed by atoms with Gasteiger partial charge < -0.3 is 10.4 Å². The van der Waals surface area contributed by atoms with E-state index < -0.39 is 5.60 Å². The fraction of sp³-hybridized carbons (Fsp3) is 0.462. The normalized spacial score (nSPS) is 30.9. The number of rotatable bonds is 5. The van der Waals surface area contributed by atoms with Crippen molar-refractivity contribution in [3.8, 4) is 0 Å². The summed E-state index contributed by atoms with van der Waals surface area (Å²) in [4.78, 5) is 26.0. The zero-order valence-corrected chi connectivity index (χ0v) is 17.7. The standard InChI is InChI=1S/C26H28FNO3/c1-2-16-11-18(24(29)17-3-6-21(27)7-4-17)5-8-22(16)25(30)28-23-19-9-15-10-20(23)14-26(31,12-15)13-19/h3-8,11,15,19-20,23,31H,2,9-10,12-14H2,1H3,(H,28,30). The van der Waals surface area contributed by atoms with E-state index in [0.29, 0.717) is 40.9 Å². The third-order valence-electron chi connectivity index (χ3n) is 7.64.